The highest BCUT2D eigenvalue weighted by Crippen LogP contribution is 2.33. The van der Waals surface area contributed by atoms with Gasteiger partial charge in [-0.2, -0.15) is 11.8 Å². The van der Waals surface area contributed by atoms with Crippen molar-refractivity contribution in [3.63, 3.8) is 0 Å². The van der Waals surface area contributed by atoms with Crippen LogP contribution in [0.3, 0.4) is 0 Å². The van der Waals surface area contributed by atoms with Crippen LogP contribution in [0, 0.1) is 3.57 Å². The summed E-state index contributed by atoms with van der Waals surface area (Å²) in [7, 11) is 0. The summed E-state index contributed by atoms with van der Waals surface area (Å²) in [5.41, 5.74) is 8.20. The van der Waals surface area contributed by atoms with Crippen LogP contribution in [0.1, 0.15) is 13.8 Å². The lowest BCUT2D eigenvalue weighted by atomic mass is 10.1. The fraction of sp³-hybridized carbons (Fsp3) is 0.500. The predicted octanol–water partition coefficient (Wildman–Crippen LogP) is 3.20. The van der Waals surface area contributed by atoms with E-state index < -0.39 is 0 Å². The maximum absolute atomic E-state index is 6.11. The molecule has 1 saturated heterocycles. The Morgan fingerprint density at radius 3 is 2.88 bits per heavy atom. The minimum Gasteiger partial charge on any atom is -0.397 e. The van der Waals surface area contributed by atoms with Crippen LogP contribution in [0.25, 0.3) is 0 Å². The molecule has 1 aliphatic heterocycles. The molecule has 1 heterocycles. The third-order valence-corrected chi connectivity index (χ3v) is 5.19. The average molecular weight is 348 g/mol. The molecule has 0 aliphatic carbocycles. The molecule has 1 fully saturated rings. The van der Waals surface area contributed by atoms with Gasteiger partial charge in [0.15, 0.2) is 0 Å². The van der Waals surface area contributed by atoms with Crippen LogP contribution in [-0.2, 0) is 0 Å². The van der Waals surface area contributed by atoms with Crippen molar-refractivity contribution in [2.45, 2.75) is 25.1 Å². The van der Waals surface area contributed by atoms with E-state index in [-0.39, 0.29) is 0 Å². The van der Waals surface area contributed by atoms with Gasteiger partial charge in [0.2, 0.25) is 0 Å². The summed E-state index contributed by atoms with van der Waals surface area (Å²) in [5.74, 6) is 1.19. The van der Waals surface area contributed by atoms with Gasteiger partial charge in [-0.05, 0) is 47.7 Å². The first kappa shape index (κ1) is 12.4. The SMILES string of the molecule is CC1SCCN(c2ccc(I)cc2N)C1C. The predicted molar refractivity (Wildman–Crippen MR) is 82.3 cm³/mol. The van der Waals surface area contributed by atoms with E-state index >= 15 is 0 Å². The molecule has 2 rings (SSSR count). The third-order valence-electron chi connectivity index (χ3n) is 3.18. The number of rotatable bonds is 1. The Labute approximate surface area is 115 Å². The van der Waals surface area contributed by atoms with Crippen molar-refractivity contribution in [2.75, 3.05) is 22.9 Å². The van der Waals surface area contributed by atoms with E-state index in [0.717, 1.165) is 12.2 Å². The van der Waals surface area contributed by atoms with Crippen LogP contribution < -0.4 is 10.6 Å². The second-order valence-corrected chi connectivity index (χ2v) is 6.94. The Balaban J connectivity index is 2.29. The van der Waals surface area contributed by atoms with Crippen molar-refractivity contribution in [3.05, 3.63) is 21.8 Å². The van der Waals surface area contributed by atoms with Crippen LogP contribution in [-0.4, -0.2) is 23.6 Å². The van der Waals surface area contributed by atoms with Gasteiger partial charge in [0.1, 0.15) is 0 Å². The Hall–Kier alpha value is -0.100. The third kappa shape index (κ3) is 2.42. The maximum atomic E-state index is 6.11. The zero-order valence-corrected chi connectivity index (χ0v) is 12.6. The summed E-state index contributed by atoms with van der Waals surface area (Å²) in [4.78, 5) is 2.44. The van der Waals surface area contributed by atoms with E-state index in [1.807, 2.05) is 11.8 Å². The Morgan fingerprint density at radius 2 is 2.19 bits per heavy atom. The van der Waals surface area contributed by atoms with E-state index in [0.29, 0.717) is 11.3 Å². The van der Waals surface area contributed by atoms with Gasteiger partial charge in [-0.1, -0.05) is 6.92 Å². The molecule has 0 spiro atoms. The lowest BCUT2D eigenvalue weighted by molar-refractivity contribution is 0.628. The largest absolute Gasteiger partial charge is 0.397 e. The van der Waals surface area contributed by atoms with Gasteiger partial charge in [-0.3, -0.25) is 0 Å². The number of thioether (sulfide) groups is 1. The topological polar surface area (TPSA) is 29.3 Å². The Kier molecular flexibility index (Phi) is 3.89. The standard InChI is InChI=1S/C12H17IN2S/c1-8-9(2)16-6-5-15(8)12-4-3-10(13)7-11(12)14/h3-4,7-9H,5-6,14H2,1-2H3. The molecular weight excluding hydrogens is 331 g/mol. The number of nitrogen functional groups attached to an aromatic ring is 1. The summed E-state index contributed by atoms with van der Waals surface area (Å²) in [5, 5.41) is 0.674. The number of nitrogens with zero attached hydrogens (tertiary/aromatic N) is 1. The van der Waals surface area contributed by atoms with Crippen molar-refractivity contribution in [1.29, 1.82) is 0 Å². The molecule has 4 heteroatoms. The van der Waals surface area contributed by atoms with Crippen molar-refractivity contribution in [3.8, 4) is 0 Å². The smallest absolute Gasteiger partial charge is 0.0603 e. The number of benzene rings is 1. The minimum atomic E-state index is 0.557. The van der Waals surface area contributed by atoms with Crippen molar-refractivity contribution in [1.82, 2.24) is 0 Å². The van der Waals surface area contributed by atoms with Crippen LogP contribution in [0.15, 0.2) is 18.2 Å². The second-order valence-electron chi connectivity index (χ2n) is 4.21. The summed E-state index contributed by atoms with van der Waals surface area (Å²) in [6, 6.07) is 6.89. The quantitative estimate of drug-likeness (QED) is 0.624. The van der Waals surface area contributed by atoms with E-state index in [4.69, 9.17) is 5.73 Å². The monoisotopic (exact) mass is 348 g/mol. The summed E-state index contributed by atoms with van der Waals surface area (Å²) in [6.45, 7) is 5.68. The van der Waals surface area contributed by atoms with E-state index in [1.54, 1.807) is 0 Å². The summed E-state index contributed by atoms with van der Waals surface area (Å²) >= 11 is 4.35. The van der Waals surface area contributed by atoms with Gasteiger partial charge >= 0.3 is 0 Å². The second kappa shape index (κ2) is 5.04. The number of anilines is 2. The van der Waals surface area contributed by atoms with Gasteiger partial charge < -0.3 is 10.6 Å². The first-order chi connectivity index (χ1) is 7.59. The van der Waals surface area contributed by atoms with Gasteiger partial charge in [-0.15, -0.1) is 0 Å². The molecule has 0 bridgehead atoms. The van der Waals surface area contributed by atoms with Crippen molar-refractivity contribution in [2.24, 2.45) is 0 Å². The molecule has 88 valence electrons. The first-order valence-corrected chi connectivity index (χ1v) is 7.65. The lowest BCUT2D eigenvalue weighted by Gasteiger charge is -2.39. The highest BCUT2D eigenvalue weighted by molar-refractivity contribution is 14.1. The molecule has 16 heavy (non-hydrogen) atoms. The van der Waals surface area contributed by atoms with Crippen LogP contribution in [0.2, 0.25) is 0 Å². The molecule has 0 radical (unpaired) electrons. The molecule has 1 aromatic rings. The van der Waals surface area contributed by atoms with Crippen LogP contribution in [0.4, 0.5) is 11.4 Å². The van der Waals surface area contributed by atoms with Crippen molar-refractivity contribution >= 4 is 45.7 Å². The molecule has 2 nitrogen and oxygen atoms in total. The van der Waals surface area contributed by atoms with E-state index in [9.17, 15) is 0 Å². The zero-order valence-electron chi connectivity index (χ0n) is 9.61. The number of halogens is 1. The average Bonchev–Trinajstić information content (AvgIpc) is 2.23. The van der Waals surface area contributed by atoms with Crippen LogP contribution in [0.5, 0.6) is 0 Å². The number of hydrogen-bond donors (Lipinski definition) is 1. The summed E-state index contributed by atoms with van der Waals surface area (Å²) in [6.07, 6.45) is 0. The molecule has 0 saturated carbocycles. The molecule has 2 unspecified atom stereocenters. The minimum absolute atomic E-state index is 0.557. The molecule has 2 N–H and O–H groups in total. The highest BCUT2D eigenvalue weighted by Gasteiger charge is 2.26. The fourth-order valence-corrected chi connectivity index (χ4v) is 3.67. The maximum Gasteiger partial charge on any atom is 0.0603 e. The van der Waals surface area contributed by atoms with Crippen molar-refractivity contribution < 1.29 is 0 Å². The lowest BCUT2D eigenvalue weighted by Crippen LogP contribution is -2.45. The Bertz CT molecular complexity index is 383. The normalized spacial score (nSPS) is 25.8. The van der Waals surface area contributed by atoms with Gasteiger partial charge in [0.25, 0.3) is 0 Å². The van der Waals surface area contributed by atoms with Gasteiger partial charge in [0.05, 0.1) is 11.4 Å². The van der Waals surface area contributed by atoms with Crippen LogP contribution >= 0.6 is 34.4 Å². The summed E-state index contributed by atoms with van der Waals surface area (Å²) < 4.78 is 1.20. The zero-order chi connectivity index (χ0) is 11.7. The first-order valence-electron chi connectivity index (χ1n) is 5.53. The molecule has 1 aliphatic rings. The molecule has 0 amide bonds. The molecular formula is C12H17IN2S. The molecule has 0 aromatic heterocycles. The van der Waals surface area contributed by atoms with Gasteiger partial charge in [-0.25, -0.2) is 0 Å². The van der Waals surface area contributed by atoms with E-state index in [1.165, 1.54) is 15.0 Å². The molecule has 1 aromatic carbocycles. The van der Waals surface area contributed by atoms with E-state index in [2.05, 4.69) is 59.5 Å². The molecule has 2 atom stereocenters. The Morgan fingerprint density at radius 1 is 1.44 bits per heavy atom. The fourth-order valence-electron chi connectivity index (χ4n) is 2.06. The van der Waals surface area contributed by atoms with Gasteiger partial charge in [0, 0.05) is 27.2 Å². The number of hydrogen-bond acceptors (Lipinski definition) is 3. The number of nitrogens with two attached hydrogens (primary N) is 1. The highest BCUT2D eigenvalue weighted by atomic mass is 127.